The number of nitriles is 1. The van der Waals surface area contributed by atoms with Crippen LogP contribution in [0.4, 0.5) is 17.1 Å². The van der Waals surface area contributed by atoms with Crippen LogP contribution in [0.1, 0.15) is 32.6 Å². The van der Waals surface area contributed by atoms with E-state index < -0.39 is 37.6 Å². The molecule has 2 rings (SSSR count). The highest BCUT2D eigenvalue weighted by Gasteiger charge is 2.31. The Morgan fingerprint density at radius 3 is 2.26 bits per heavy atom. The minimum atomic E-state index is -1.21. The lowest BCUT2D eigenvalue weighted by molar-refractivity contribution is -0.404. The minimum absolute atomic E-state index is 0.0661. The number of ether oxygens (including phenoxy) is 1. The molecule has 0 saturated carbocycles. The fourth-order valence-electron chi connectivity index (χ4n) is 2.93. The van der Waals surface area contributed by atoms with E-state index in [1.807, 2.05) is 6.92 Å². The summed E-state index contributed by atoms with van der Waals surface area (Å²) in [5.74, 6) is -1.31. The molecule has 1 aliphatic rings. The third kappa shape index (κ3) is 7.16. The monoisotopic (exact) mass is 439 g/mol. The van der Waals surface area contributed by atoms with Gasteiger partial charge in [-0.1, -0.05) is 0 Å². The van der Waals surface area contributed by atoms with E-state index >= 15 is 0 Å². The fraction of sp³-hybridized carbons (Fsp3) is 0.529. The first-order valence-corrected chi connectivity index (χ1v) is 9.21. The van der Waals surface area contributed by atoms with Crippen molar-refractivity contribution in [2.24, 2.45) is 0 Å². The number of nitro benzene ring substituents is 3. The SMILES string of the molecule is CCOC(=O)[C@@H]1CCCN1CCCC#N.O=[N+]([O-])c1cc([N+](=O)[O-])c(O)c([N+](=O)[O-])c1. The molecule has 31 heavy (non-hydrogen) atoms. The van der Waals surface area contributed by atoms with Crippen molar-refractivity contribution >= 4 is 23.0 Å². The molecule has 1 aliphatic heterocycles. The van der Waals surface area contributed by atoms with E-state index in [1.54, 1.807) is 0 Å². The molecule has 0 radical (unpaired) electrons. The van der Waals surface area contributed by atoms with Crippen molar-refractivity contribution in [3.8, 4) is 11.8 Å². The predicted molar refractivity (Wildman–Crippen MR) is 104 cm³/mol. The molecule has 14 nitrogen and oxygen atoms in total. The molecular formula is C17H21N5O9. The summed E-state index contributed by atoms with van der Waals surface area (Å²) in [7, 11) is 0. The maximum Gasteiger partial charge on any atom is 0.324 e. The van der Waals surface area contributed by atoms with E-state index in [0.717, 1.165) is 32.4 Å². The summed E-state index contributed by atoms with van der Waals surface area (Å²) in [6, 6.07) is 2.95. The average Bonchev–Trinajstić information content (AvgIpc) is 3.17. The second-order valence-electron chi connectivity index (χ2n) is 6.31. The number of carbonyl (C=O) groups is 1. The number of rotatable bonds is 8. The minimum Gasteiger partial charge on any atom is -0.497 e. The molecule has 0 aliphatic carbocycles. The van der Waals surface area contributed by atoms with Gasteiger partial charge in [-0.25, -0.2) is 0 Å². The van der Waals surface area contributed by atoms with Gasteiger partial charge in [-0.3, -0.25) is 40.0 Å². The molecule has 1 fully saturated rings. The van der Waals surface area contributed by atoms with Crippen molar-refractivity contribution in [1.29, 1.82) is 5.26 Å². The summed E-state index contributed by atoms with van der Waals surface area (Å²) in [6.07, 6.45) is 3.35. The molecule has 1 aromatic rings. The fourth-order valence-corrected chi connectivity index (χ4v) is 2.93. The summed E-state index contributed by atoms with van der Waals surface area (Å²) >= 11 is 0. The van der Waals surface area contributed by atoms with Crippen molar-refractivity contribution in [3.05, 3.63) is 42.5 Å². The largest absolute Gasteiger partial charge is 0.497 e. The van der Waals surface area contributed by atoms with Gasteiger partial charge in [0.25, 0.3) is 11.4 Å². The van der Waals surface area contributed by atoms with Crippen LogP contribution >= 0.6 is 0 Å². The average molecular weight is 439 g/mol. The van der Waals surface area contributed by atoms with Crippen molar-refractivity contribution in [2.45, 2.75) is 38.6 Å². The maximum absolute atomic E-state index is 11.6. The lowest BCUT2D eigenvalue weighted by atomic mass is 10.2. The smallest absolute Gasteiger partial charge is 0.324 e. The zero-order chi connectivity index (χ0) is 23.6. The number of phenolic OH excluding ortho intramolecular Hbond substituents is 1. The quantitative estimate of drug-likeness (QED) is 0.269. The van der Waals surface area contributed by atoms with Gasteiger partial charge in [0.2, 0.25) is 0 Å². The number of carbonyl (C=O) groups excluding carboxylic acids is 1. The Morgan fingerprint density at radius 1 is 1.23 bits per heavy atom. The first-order chi connectivity index (χ1) is 14.6. The topological polar surface area (TPSA) is 203 Å². The summed E-state index contributed by atoms with van der Waals surface area (Å²) < 4.78 is 5.02. The third-order valence-corrected chi connectivity index (χ3v) is 4.31. The molecule has 1 heterocycles. The Kier molecular flexibility index (Phi) is 9.73. The number of nitro groups is 3. The van der Waals surface area contributed by atoms with Crippen LogP contribution in [0.5, 0.6) is 5.75 Å². The van der Waals surface area contributed by atoms with Crippen molar-refractivity contribution in [3.63, 3.8) is 0 Å². The maximum atomic E-state index is 11.6. The number of non-ortho nitro benzene ring substituents is 1. The Labute approximate surface area is 176 Å². The number of unbranched alkanes of at least 4 members (excludes halogenated alkanes) is 1. The van der Waals surface area contributed by atoms with Gasteiger partial charge in [-0.2, -0.15) is 5.26 Å². The molecule has 1 atom stereocenters. The van der Waals surface area contributed by atoms with Crippen LogP contribution < -0.4 is 0 Å². The Balaban J connectivity index is 0.000000311. The number of benzene rings is 1. The lowest BCUT2D eigenvalue weighted by Crippen LogP contribution is -2.37. The number of phenols is 1. The lowest BCUT2D eigenvalue weighted by Gasteiger charge is -2.21. The molecule has 0 amide bonds. The Morgan fingerprint density at radius 2 is 1.81 bits per heavy atom. The molecule has 168 valence electrons. The molecule has 1 aromatic carbocycles. The van der Waals surface area contributed by atoms with E-state index in [4.69, 9.17) is 15.1 Å². The highest BCUT2D eigenvalue weighted by atomic mass is 16.6. The number of nitrogens with zero attached hydrogens (tertiary/aromatic N) is 5. The van der Waals surface area contributed by atoms with E-state index in [2.05, 4.69) is 11.0 Å². The molecule has 1 saturated heterocycles. The highest BCUT2D eigenvalue weighted by molar-refractivity contribution is 5.76. The van der Waals surface area contributed by atoms with Crippen molar-refractivity contribution in [2.75, 3.05) is 19.7 Å². The zero-order valence-corrected chi connectivity index (χ0v) is 16.6. The number of aromatic hydroxyl groups is 1. The van der Waals surface area contributed by atoms with Gasteiger partial charge in [0.05, 0.1) is 39.6 Å². The number of hydrogen-bond donors (Lipinski definition) is 1. The van der Waals surface area contributed by atoms with Gasteiger partial charge in [0.15, 0.2) is 0 Å². The van der Waals surface area contributed by atoms with Crippen LogP contribution in [-0.4, -0.2) is 56.5 Å². The van der Waals surface area contributed by atoms with Gasteiger partial charge in [0, 0.05) is 6.42 Å². The predicted octanol–water partition coefficient (Wildman–Crippen LogP) is 2.43. The molecule has 0 spiro atoms. The van der Waals surface area contributed by atoms with E-state index in [1.165, 1.54) is 0 Å². The molecule has 1 N–H and O–H groups in total. The van der Waals surface area contributed by atoms with Crippen molar-refractivity contribution in [1.82, 2.24) is 4.90 Å². The molecule has 0 unspecified atom stereocenters. The van der Waals surface area contributed by atoms with Crippen LogP contribution in [0.3, 0.4) is 0 Å². The molecule has 0 aromatic heterocycles. The number of likely N-dealkylation sites (tertiary alicyclic amines) is 1. The molecular weight excluding hydrogens is 418 g/mol. The molecule has 14 heteroatoms. The van der Waals surface area contributed by atoms with Gasteiger partial charge in [-0.15, -0.1) is 0 Å². The van der Waals surface area contributed by atoms with Crippen LogP contribution in [0.15, 0.2) is 12.1 Å². The van der Waals surface area contributed by atoms with Crippen LogP contribution in [0, 0.1) is 41.7 Å². The van der Waals surface area contributed by atoms with Gasteiger partial charge >= 0.3 is 17.3 Å². The van der Waals surface area contributed by atoms with Crippen LogP contribution in [0.2, 0.25) is 0 Å². The third-order valence-electron chi connectivity index (χ3n) is 4.31. The second kappa shape index (κ2) is 12.0. The van der Waals surface area contributed by atoms with E-state index in [-0.39, 0.29) is 12.0 Å². The first kappa shape index (κ1) is 25.2. The summed E-state index contributed by atoms with van der Waals surface area (Å²) in [5.41, 5.74) is -3.00. The van der Waals surface area contributed by atoms with Crippen LogP contribution in [-0.2, 0) is 9.53 Å². The summed E-state index contributed by atoms with van der Waals surface area (Å²) in [4.78, 5) is 41.5. The first-order valence-electron chi connectivity index (χ1n) is 9.21. The van der Waals surface area contributed by atoms with E-state index in [0.29, 0.717) is 25.2 Å². The van der Waals surface area contributed by atoms with Crippen molar-refractivity contribution < 1.29 is 29.4 Å². The zero-order valence-electron chi connectivity index (χ0n) is 16.6. The van der Waals surface area contributed by atoms with Gasteiger partial charge in [-0.05, 0) is 39.3 Å². The standard InChI is InChI=1S/C11H18N2O2.C6H3N3O7/c1-2-15-11(14)10-6-5-9-13(10)8-4-3-7-12;10-6-4(8(13)14)1-3(7(11)12)2-5(6)9(15)16/h10H,2-6,8-9H2,1H3;1-2,10H/t10-;/m0./s1. The van der Waals surface area contributed by atoms with Gasteiger partial charge < -0.3 is 9.84 Å². The summed E-state index contributed by atoms with van der Waals surface area (Å²) in [6.45, 7) is 4.06. The van der Waals surface area contributed by atoms with Gasteiger partial charge in [0.1, 0.15) is 6.04 Å². The summed E-state index contributed by atoms with van der Waals surface area (Å²) in [5, 5.41) is 48.7. The van der Waals surface area contributed by atoms with Crippen LogP contribution in [0.25, 0.3) is 0 Å². The number of esters is 1. The Hall–Kier alpha value is -3.86. The normalized spacial score (nSPS) is 15.3. The Bertz CT molecular complexity index is 848. The number of hydrogen-bond acceptors (Lipinski definition) is 11. The highest BCUT2D eigenvalue weighted by Crippen LogP contribution is 2.38. The molecule has 0 bridgehead atoms. The van der Waals surface area contributed by atoms with E-state index in [9.17, 15) is 35.1 Å². The second-order valence-corrected chi connectivity index (χ2v) is 6.31.